The number of rotatable bonds is 7. The number of likely N-dealkylation sites (N-methyl/N-ethyl adjacent to an activating group) is 1. The number of ketones is 1. The van der Waals surface area contributed by atoms with Crippen LogP contribution in [0.25, 0.3) is 0 Å². The Morgan fingerprint density at radius 2 is 1.90 bits per heavy atom. The van der Waals surface area contributed by atoms with Crippen LogP contribution in [0.5, 0.6) is 0 Å². The van der Waals surface area contributed by atoms with E-state index in [0.29, 0.717) is 22.4 Å². The molecular weight excluding hydrogens is 389 g/mol. The summed E-state index contributed by atoms with van der Waals surface area (Å²) in [5.74, 6) is -1.11. The molecule has 3 rings (SSSR count). The Bertz CT molecular complexity index is 1130. The Kier molecular flexibility index (Phi) is 6.43. The number of amides is 1. The summed E-state index contributed by atoms with van der Waals surface area (Å²) >= 11 is 0. The summed E-state index contributed by atoms with van der Waals surface area (Å²) in [6.45, 7) is 1.66. The van der Waals surface area contributed by atoms with Gasteiger partial charge in [-0.3, -0.25) is 19.4 Å². The third kappa shape index (κ3) is 4.81. The molecule has 2 aromatic heterocycles. The monoisotopic (exact) mass is 409 g/mol. The number of benzene rings is 1. The van der Waals surface area contributed by atoms with Crippen LogP contribution in [0.2, 0.25) is 0 Å². The second-order valence-corrected chi connectivity index (χ2v) is 6.65. The maximum absolute atomic E-state index is 13.1. The van der Waals surface area contributed by atoms with Gasteiger partial charge in [-0.1, -0.05) is 0 Å². The summed E-state index contributed by atoms with van der Waals surface area (Å²) in [4.78, 5) is 47.8. The number of nitrogens with one attached hydrogen (secondary N) is 3. The lowest BCUT2D eigenvalue weighted by atomic mass is 10.0. The number of aromatic amines is 1. The number of H-pyrrole nitrogens is 1. The van der Waals surface area contributed by atoms with Crippen molar-refractivity contribution in [2.24, 2.45) is 0 Å². The van der Waals surface area contributed by atoms with E-state index in [0.717, 1.165) is 0 Å². The van der Waals surface area contributed by atoms with Gasteiger partial charge in [0.05, 0.1) is 18.1 Å². The minimum absolute atomic E-state index is 0.0415. The highest BCUT2D eigenvalue weighted by Gasteiger charge is 2.17. The van der Waals surface area contributed by atoms with Crippen molar-refractivity contribution in [3.05, 3.63) is 87.6 Å². The highest BCUT2D eigenvalue weighted by Crippen LogP contribution is 2.16. The molecule has 0 aliphatic heterocycles. The summed E-state index contributed by atoms with van der Waals surface area (Å²) in [5, 5.41) is 5.38. The molecule has 0 saturated heterocycles. The molecule has 0 aliphatic carbocycles. The van der Waals surface area contributed by atoms with Crippen LogP contribution in [-0.2, 0) is 11.2 Å². The van der Waals surface area contributed by atoms with Crippen LogP contribution in [0.4, 0.5) is 10.1 Å². The van der Waals surface area contributed by atoms with Gasteiger partial charge in [0.15, 0.2) is 5.78 Å². The molecule has 30 heavy (non-hydrogen) atoms. The lowest BCUT2D eigenvalue weighted by molar-refractivity contribution is -0.117. The van der Waals surface area contributed by atoms with Gasteiger partial charge in [-0.25, -0.2) is 9.37 Å². The van der Waals surface area contributed by atoms with Gasteiger partial charge in [0.1, 0.15) is 11.5 Å². The Morgan fingerprint density at radius 1 is 1.17 bits per heavy atom. The van der Waals surface area contributed by atoms with Gasteiger partial charge >= 0.3 is 0 Å². The van der Waals surface area contributed by atoms with E-state index in [4.69, 9.17) is 0 Å². The summed E-state index contributed by atoms with van der Waals surface area (Å²) in [5.41, 5.74) is 1.17. The number of carbonyl (C=O) groups excluding carboxylic acids is 2. The lowest BCUT2D eigenvalue weighted by Gasteiger charge is -2.13. The SMILES string of the molecule is CNC(C)C(=O)Nc1c(Cc2cncc(C(=O)c3ccc(F)cc3)c2)nc[nH]c1=O. The molecule has 154 valence electrons. The number of anilines is 1. The van der Waals surface area contributed by atoms with E-state index in [-0.39, 0.29) is 23.8 Å². The molecule has 1 aromatic carbocycles. The normalized spacial score (nSPS) is 11.7. The van der Waals surface area contributed by atoms with E-state index in [9.17, 15) is 18.8 Å². The molecule has 1 unspecified atom stereocenters. The predicted octanol–water partition coefficient (Wildman–Crippen LogP) is 1.67. The van der Waals surface area contributed by atoms with Crippen molar-refractivity contribution in [1.29, 1.82) is 0 Å². The number of halogens is 1. The quantitative estimate of drug-likeness (QED) is 0.511. The van der Waals surface area contributed by atoms with Crippen LogP contribution in [0.3, 0.4) is 0 Å². The lowest BCUT2D eigenvalue weighted by Crippen LogP contribution is -2.37. The molecule has 0 fully saturated rings. The molecule has 3 N–H and O–H groups in total. The van der Waals surface area contributed by atoms with Crippen LogP contribution >= 0.6 is 0 Å². The van der Waals surface area contributed by atoms with Crippen molar-refractivity contribution in [1.82, 2.24) is 20.3 Å². The average Bonchev–Trinajstić information content (AvgIpc) is 2.75. The van der Waals surface area contributed by atoms with Crippen molar-refractivity contribution >= 4 is 17.4 Å². The van der Waals surface area contributed by atoms with Crippen molar-refractivity contribution in [2.45, 2.75) is 19.4 Å². The molecule has 3 aromatic rings. The van der Waals surface area contributed by atoms with Crippen LogP contribution in [0.1, 0.15) is 34.1 Å². The van der Waals surface area contributed by atoms with Crippen molar-refractivity contribution in [3.8, 4) is 0 Å². The van der Waals surface area contributed by atoms with E-state index in [1.54, 1.807) is 26.2 Å². The Morgan fingerprint density at radius 3 is 2.60 bits per heavy atom. The Labute approximate surface area is 171 Å². The van der Waals surface area contributed by atoms with Gasteiger partial charge in [0.2, 0.25) is 5.91 Å². The molecule has 1 amide bonds. The first-order valence-corrected chi connectivity index (χ1v) is 9.18. The van der Waals surface area contributed by atoms with E-state index in [2.05, 4.69) is 25.6 Å². The topological polar surface area (TPSA) is 117 Å². The summed E-state index contributed by atoms with van der Waals surface area (Å²) in [6.07, 6.45) is 4.38. The second kappa shape index (κ2) is 9.19. The van der Waals surface area contributed by atoms with Crippen molar-refractivity contribution < 1.29 is 14.0 Å². The fraction of sp³-hybridized carbons (Fsp3) is 0.190. The van der Waals surface area contributed by atoms with Gasteiger partial charge in [-0.15, -0.1) is 0 Å². The molecule has 0 bridgehead atoms. The largest absolute Gasteiger partial charge is 0.319 e. The third-order valence-corrected chi connectivity index (χ3v) is 4.54. The first-order valence-electron chi connectivity index (χ1n) is 9.18. The zero-order valence-electron chi connectivity index (χ0n) is 16.4. The van der Waals surface area contributed by atoms with Crippen LogP contribution in [0, 0.1) is 5.82 Å². The maximum atomic E-state index is 13.1. The van der Waals surface area contributed by atoms with Crippen molar-refractivity contribution in [3.63, 3.8) is 0 Å². The number of hydrogen-bond donors (Lipinski definition) is 3. The fourth-order valence-electron chi connectivity index (χ4n) is 2.73. The highest BCUT2D eigenvalue weighted by molar-refractivity contribution is 6.08. The molecule has 0 radical (unpaired) electrons. The predicted molar refractivity (Wildman–Crippen MR) is 109 cm³/mol. The van der Waals surface area contributed by atoms with E-state index in [1.165, 1.54) is 36.8 Å². The molecule has 9 heteroatoms. The van der Waals surface area contributed by atoms with E-state index < -0.39 is 17.4 Å². The fourth-order valence-corrected chi connectivity index (χ4v) is 2.73. The standard InChI is InChI=1S/C21H20FN5O3/c1-12(23-2)20(29)27-18-17(25-11-26-21(18)30)8-13-7-15(10-24-9-13)19(28)14-3-5-16(22)6-4-14/h3-7,9-12,23H,8H2,1-2H3,(H,27,29)(H,25,26,30). The number of pyridine rings is 1. The zero-order chi connectivity index (χ0) is 21.7. The summed E-state index contributed by atoms with van der Waals surface area (Å²) < 4.78 is 13.1. The smallest absolute Gasteiger partial charge is 0.274 e. The Hall–Kier alpha value is -3.72. The number of nitrogens with zero attached hydrogens (tertiary/aromatic N) is 2. The average molecular weight is 409 g/mol. The molecular formula is C21H20FN5O3. The molecule has 2 heterocycles. The van der Waals surface area contributed by atoms with Gasteiger partial charge in [-0.2, -0.15) is 0 Å². The molecule has 0 saturated carbocycles. The molecule has 0 spiro atoms. The second-order valence-electron chi connectivity index (χ2n) is 6.65. The van der Waals surface area contributed by atoms with Crippen LogP contribution in [-0.4, -0.2) is 39.7 Å². The minimum Gasteiger partial charge on any atom is -0.319 e. The first-order chi connectivity index (χ1) is 14.4. The maximum Gasteiger partial charge on any atom is 0.274 e. The molecule has 1 atom stereocenters. The summed E-state index contributed by atoms with van der Waals surface area (Å²) in [6, 6.07) is 6.36. The summed E-state index contributed by atoms with van der Waals surface area (Å²) in [7, 11) is 1.63. The van der Waals surface area contributed by atoms with Gasteiger partial charge in [0.25, 0.3) is 5.56 Å². The highest BCUT2D eigenvalue weighted by atomic mass is 19.1. The van der Waals surface area contributed by atoms with Gasteiger partial charge < -0.3 is 15.6 Å². The third-order valence-electron chi connectivity index (χ3n) is 4.54. The van der Waals surface area contributed by atoms with Crippen molar-refractivity contribution in [2.75, 3.05) is 12.4 Å². The number of hydrogen-bond acceptors (Lipinski definition) is 6. The molecule has 0 aliphatic rings. The Balaban J connectivity index is 1.87. The van der Waals surface area contributed by atoms with E-state index >= 15 is 0 Å². The first kappa shape index (κ1) is 21.0. The van der Waals surface area contributed by atoms with Crippen LogP contribution < -0.4 is 16.2 Å². The minimum atomic E-state index is -0.504. The van der Waals surface area contributed by atoms with Gasteiger partial charge in [-0.05, 0) is 49.9 Å². The van der Waals surface area contributed by atoms with Crippen LogP contribution in [0.15, 0.2) is 53.8 Å². The van der Waals surface area contributed by atoms with E-state index in [1.807, 2.05) is 0 Å². The zero-order valence-corrected chi connectivity index (χ0v) is 16.4. The number of carbonyl (C=O) groups is 2. The molecule has 8 nitrogen and oxygen atoms in total. The van der Waals surface area contributed by atoms with Gasteiger partial charge in [0, 0.05) is 29.9 Å². The number of aromatic nitrogens is 3.